The predicted octanol–water partition coefficient (Wildman–Crippen LogP) is 3.73. The first kappa shape index (κ1) is 11.1. The van der Waals surface area contributed by atoms with E-state index in [2.05, 4.69) is 20.3 Å². The Bertz CT molecular complexity index is 434. The van der Waals surface area contributed by atoms with Crippen molar-refractivity contribution < 1.29 is 4.21 Å². The zero-order valence-electron chi connectivity index (χ0n) is 8.49. The third kappa shape index (κ3) is 3.05. The molecule has 0 atom stereocenters. The summed E-state index contributed by atoms with van der Waals surface area (Å²) in [5.41, 5.74) is 0.838. The molecule has 1 aromatic rings. The van der Waals surface area contributed by atoms with Crippen LogP contribution in [0.15, 0.2) is 33.1 Å². The minimum atomic E-state index is -1.95. The molecule has 0 saturated carbocycles. The highest BCUT2D eigenvalue weighted by Crippen LogP contribution is 2.22. The average Bonchev–Trinajstić information content (AvgIpc) is 2.22. The molecule has 82 valence electrons. The van der Waals surface area contributed by atoms with Crippen LogP contribution in [0, 0.1) is 0 Å². The number of hydrogen-bond donors (Lipinski definition) is 0. The lowest BCUT2D eigenvalue weighted by Crippen LogP contribution is -2.15. The maximum Gasteiger partial charge on any atom is 0.0731 e. The van der Waals surface area contributed by atoms with Crippen LogP contribution in [-0.4, -0.2) is 15.7 Å². The molecule has 0 bridgehead atoms. The molecule has 1 aromatic carbocycles. The fourth-order valence-electron chi connectivity index (χ4n) is 1.72. The van der Waals surface area contributed by atoms with Crippen LogP contribution in [0.4, 0.5) is 5.69 Å². The van der Waals surface area contributed by atoms with Gasteiger partial charge in [0.05, 0.1) is 15.4 Å². The Kier molecular flexibility index (Phi) is 3.46. The van der Waals surface area contributed by atoms with E-state index < -0.39 is 9.73 Å². The van der Waals surface area contributed by atoms with Crippen molar-refractivity contribution in [3.63, 3.8) is 0 Å². The van der Waals surface area contributed by atoms with Crippen LogP contribution < -0.4 is 0 Å². The summed E-state index contributed by atoms with van der Waals surface area (Å²) in [6.07, 6.45) is 3.31. The van der Waals surface area contributed by atoms with E-state index in [0.717, 1.165) is 34.5 Å². The van der Waals surface area contributed by atoms with Gasteiger partial charge in [0.1, 0.15) is 0 Å². The van der Waals surface area contributed by atoms with Crippen molar-refractivity contribution in [2.24, 2.45) is 4.36 Å². The Morgan fingerprint density at radius 3 is 2.27 bits per heavy atom. The van der Waals surface area contributed by atoms with E-state index in [9.17, 15) is 4.21 Å². The highest BCUT2D eigenvalue weighted by atomic mass is 79.9. The standard InChI is InChI=1S/C11H14BrNOS/c12-10-4-6-11(7-5-10)13-15(14)8-2-1-3-9-15/h4-7H,1-3,8-9H2. The Balaban J connectivity index is 2.28. The molecule has 0 amide bonds. The molecule has 1 aliphatic heterocycles. The van der Waals surface area contributed by atoms with Gasteiger partial charge in [-0.1, -0.05) is 22.4 Å². The fourth-order valence-corrected chi connectivity index (χ4v) is 4.19. The Morgan fingerprint density at radius 1 is 1.07 bits per heavy atom. The summed E-state index contributed by atoms with van der Waals surface area (Å²) in [5, 5.41) is 0. The van der Waals surface area contributed by atoms with Crippen molar-refractivity contribution in [1.29, 1.82) is 0 Å². The number of halogens is 1. The van der Waals surface area contributed by atoms with Gasteiger partial charge >= 0.3 is 0 Å². The molecule has 0 aliphatic carbocycles. The van der Waals surface area contributed by atoms with Gasteiger partial charge in [0.25, 0.3) is 0 Å². The second-order valence-corrected chi connectivity index (χ2v) is 7.27. The first-order chi connectivity index (χ1) is 7.18. The van der Waals surface area contributed by atoms with Crippen molar-refractivity contribution in [3.05, 3.63) is 28.7 Å². The first-order valence-electron chi connectivity index (χ1n) is 5.16. The summed E-state index contributed by atoms with van der Waals surface area (Å²) in [6, 6.07) is 7.69. The molecule has 15 heavy (non-hydrogen) atoms. The van der Waals surface area contributed by atoms with Crippen LogP contribution in [0.3, 0.4) is 0 Å². The second kappa shape index (κ2) is 4.66. The summed E-state index contributed by atoms with van der Waals surface area (Å²) >= 11 is 3.37. The molecular weight excluding hydrogens is 274 g/mol. The molecule has 1 aliphatic rings. The van der Waals surface area contributed by atoms with E-state index in [1.165, 1.54) is 6.42 Å². The highest BCUT2D eigenvalue weighted by Gasteiger charge is 2.14. The lowest BCUT2D eigenvalue weighted by Gasteiger charge is -2.15. The minimum Gasteiger partial charge on any atom is -0.249 e. The third-order valence-electron chi connectivity index (χ3n) is 2.52. The average molecular weight is 288 g/mol. The largest absolute Gasteiger partial charge is 0.249 e. The summed E-state index contributed by atoms with van der Waals surface area (Å²) < 4.78 is 17.7. The van der Waals surface area contributed by atoms with Gasteiger partial charge in [-0.25, -0.2) is 4.21 Å². The highest BCUT2D eigenvalue weighted by molar-refractivity contribution is 9.10. The van der Waals surface area contributed by atoms with Crippen LogP contribution >= 0.6 is 15.9 Å². The molecule has 0 aromatic heterocycles. The molecule has 4 heteroatoms. The Morgan fingerprint density at radius 2 is 1.67 bits per heavy atom. The summed E-state index contributed by atoms with van der Waals surface area (Å²) in [5.74, 6) is 1.53. The molecule has 0 N–H and O–H groups in total. The normalized spacial score (nSPS) is 19.8. The van der Waals surface area contributed by atoms with Crippen LogP contribution in [0.25, 0.3) is 0 Å². The minimum absolute atomic E-state index is 0.767. The molecule has 1 saturated heterocycles. The summed E-state index contributed by atoms with van der Waals surface area (Å²) in [7, 11) is -1.95. The van der Waals surface area contributed by atoms with Crippen molar-refractivity contribution in [2.75, 3.05) is 11.5 Å². The van der Waals surface area contributed by atoms with Gasteiger partial charge < -0.3 is 0 Å². The predicted molar refractivity (Wildman–Crippen MR) is 68.0 cm³/mol. The zero-order valence-corrected chi connectivity index (χ0v) is 10.9. The molecule has 1 heterocycles. The molecule has 1 fully saturated rings. The SMILES string of the molecule is O=S1(=Nc2ccc(Br)cc2)CCCCC1. The van der Waals surface area contributed by atoms with Gasteiger partial charge in [-0.2, -0.15) is 4.36 Å². The van der Waals surface area contributed by atoms with E-state index in [-0.39, 0.29) is 0 Å². The van der Waals surface area contributed by atoms with Crippen molar-refractivity contribution in [2.45, 2.75) is 19.3 Å². The van der Waals surface area contributed by atoms with Gasteiger partial charge in [0.15, 0.2) is 0 Å². The van der Waals surface area contributed by atoms with Crippen LogP contribution in [0.2, 0.25) is 0 Å². The smallest absolute Gasteiger partial charge is 0.0731 e. The van der Waals surface area contributed by atoms with Crippen molar-refractivity contribution in [3.8, 4) is 0 Å². The number of nitrogens with zero attached hydrogens (tertiary/aromatic N) is 1. The third-order valence-corrected chi connectivity index (χ3v) is 5.45. The monoisotopic (exact) mass is 287 g/mol. The quantitative estimate of drug-likeness (QED) is 0.774. The molecule has 0 spiro atoms. The maximum absolute atomic E-state index is 12.3. The van der Waals surface area contributed by atoms with E-state index >= 15 is 0 Å². The molecular formula is C11H14BrNOS. The number of rotatable bonds is 1. The summed E-state index contributed by atoms with van der Waals surface area (Å²) in [6.45, 7) is 0. The van der Waals surface area contributed by atoms with Crippen LogP contribution in [0.1, 0.15) is 19.3 Å². The van der Waals surface area contributed by atoms with Crippen molar-refractivity contribution >= 4 is 31.3 Å². The van der Waals surface area contributed by atoms with Gasteiger partial charge in [0, 0.05) is 16.0 Å². The first-order valence-corrected chi connectivity index (χ1v) is 7.81. The molecule has 0 radical (unpaired) electrons. The lowest BCUT2D eigenvalue weighted by molar-refractivity contribution is 0.650. The van der Waals surface area contributed by atoms with Gasteiger partial charge in [-0.05, 0) is 37.1 Å². The summed E-state index contributed by atoms with van der Waals surface area (Å²) in [4.78, 5) is 0. The Labute approximate surface area is 99.4 Å². The second-order valence-electron chi connectivity index (χ2n) is 3.81. The molecule has 0 unspecified atom stereocenters. The Hall–Kier alpha value is -0.350. The van der Waals surface area contributed by atoms with Crippen molar-refractivity contribution in [1.82, 2.24) is 0 Å². The fraction of sp³-hybridized carbons (Fsp3) is 0.455. The molecule has 2 rings (SSSR count). The van der Waals surface area contributed by atoms with E-state index in [1.807, 2.05) is 24.3 Å². The van der Waals surface area contributed by atoms with Crippen LogP contribution in [0.5, 0.6) is 0 Å². The van der Waals surface area contributed by atoms with Gasteiger partial charge in [-0.3, -0.25) is 0 Å². The zero-order chi connectivity index (χ0) is 10.7. The lowest BCUT2D eigenvalue weighted by atomic mass is 10.3. The number of hydrogen-bond acceptors (Lipinski definition) is 2. The topological polar surface area (TPSA) is 29.4 Å². The van der Waals surface area contributed by atoms with E-state index in [4.69, 9.17) is 0 Å². The van der Waals surface area contributed by atoms with Gasteiger partial charge in [-0.15, -0.1) is 0 Å². The van der Waals surface area contributed by atoms with Gasteiger partial charge in [0.2, 0.25) is 0 Å². The maximum atomic E-state index is 12.3. The van der Waals surface area contributed by atoms with Crippen LogP contribution in [-0.2, 0) is 9.73 Å². The van der Waals surface area contributed by atoms with E-state index in [0.29, 0.717) is 0 Å². The molecule has 2 nitrogen and oxygen atoms in total. The number of benzene rings is 1. The van der Waals surface area contributed by atoms with E-state index in [1.54, 1.807) is 0 Å².